The van der Waals surface area contributed by atoms with E-state index >= 15 is 0 Å². The SMILES string of the molecule is c1cc(CNC2CC2)c(N2CCCC3CCCC32)cn1. The van der Waals surface area contributed by atoms with E-state index in [1.807, 2.05) is 6.20 Å². The molecule has 0 bridgehead atoms. The lowest BCUT2D eigenvalue weighted by atomic mass is 9.91. The van der Waals surface area contributed by atoms with Gasteiger partial charge in [0.25, 0.3) is 0 Å². The zero-order chi connectivity index (χ0) is 13.4. The van der Waals surface area contributed by atoms with E-state index < -0.39 is 0 Å². The Kier molecular flexibility index (Phi) is 3.39. The van der Waals surface area contributed by atoms with Crippen LogP contribution < -0.4 is 10.2 Å². The molecule has 0 spiro atoms. The first-order chi connectivity index (χ1) is 9.92. The molecule has 0 radical (unpaired) electrons. The van der Waals surface area contributed by atoms with Gasteiger partial charge in [0.15, 0.2) is 0 Å². The number of fused-ring (bicyclic) bond motifs is 1. The zero-order valence-corrected chi connectivity index (χ0v) is 12.2. The van der Waals surface area contributed by atoms with Crippen LogP contribution in [-0.2, 0) is 6.54 Å². The summed E-state index contributed by atoms with van der Waals surface area (Å²) >= 11 is 0. The molecule has 3 heteroatoms. The highest BCUT2D eigenvalue weighted by atomic mass is 15.2. The molecule has 108 valence electrons. The van der Waals surface area contributed by atoms with E-state index in [2.05, 4.69) is 27.5 Å². The summed E-state index contributed by atoms with van der Waals surface area (Å²) in [6, 6.07) is 3.77. The number of hydrogen-bond acceptors (Lipinski definition) is 3. The van der Waals surface area contributed by atoms with Crippen molar-refractivity contribution in [1.82, 2.24) is 10.3 Å². The summed E-state index contributed by atoms with van der Waals surface area (Å²) in [5, 5.41) is 3.66. The highest BCUT2D eigenvalue weighted by molar-refractivity contribution is 5.53. The van der Waals surface area contributed by atoms with Gasteiger partial charge in [-0.25, -0.2) is 0 Å². The number of nitrogens with zero attached hydrogens (tertiary/aromatic N) is 2. The third kappa shape index (κ3) is 2.44. The van der Waals surface area contributed by atoms with Crippen LogP contribution >= 0.6 is 0 Å². The summed E-state index contributed by atoms with van der Waals surface area (Å²) in [4.78, 5) is 7.09. The minimum atomic E-state index is 0.775. The van der Waals surface area contributed by atoms with E-state index in [9.17, 15) is 0 Å². The zero-order valence-electron chi connectivity index (χ0n) is 12.2. The van der Waals surface area contributed by atoms with Gasteiger partial charge in [-0.3, -0.25) is 4.98 Å². The van der Waals surface area contributed by atoms with Crippen molar-refractivity contribution in [2.45, 2.75) is 63.6 Å². The average molecular weight is 271 g/mol. The van der Waals surface area contributed by atoms with Crippen LogP contribution in [-0.4, -0.2) is 23.6 Å². The van der Waals surface area contributed by atoms with E-state index in [1.54, 1.807) is 0 Å². The molecule has 1 aromatic rings. The number of pyridine rings is 1. The van der Waals surface area contributed by atoms with Gasteiger partial charge >= 0.3 is 0 Å². The molecule has 1 N–H and O–H groups in total. The summed E-state index contributed by atoms with van der Waals surface area (Å²) < 4.78 is 0. The van der Waals surface area contributed by atoms with Crippen molar-refractivity contribution < 1.29 is 0 Å². The quantitative estimate of drug-likeness (QED) is 0.912. The van der Waals surface area contributed by atoms with E-state index in [0.29, 0.717) is 0 Å². The Labute approximate surface area is 121 Å². The normalized spacial score (nSPS) is 29.5. The van der Waals surface area contributed by atoms with Crippen LogP contribution in [0, 0.1) is 5.92 Å². The van der Waals surface area contributed by atoms with Gasteiger partial charge in [-0.15, -0.1) is 0 Å². The fraction of sp³-hybridized carbons (Fsp3) is 0.706. The highest BCUT2D eigenvalue weighted by Gasteiger charge is 2.35. The van der Waals surface area contributed by atoms with Crippen LogP contribution in [0.25, 0.3) is 0 Å². The molecule has 3 nitrogen and oxygen atoms in total. The second kappa shape index (κ2) is 5.36. The van der Waals surface area contributed by atoms with Gasteiger partial charge in [-0.05, 0) is 56.1 Å². The second-order valence-corrected chi connectivity index (χ2v) is 6.75. The second-order valence-electron chi connectivity index (χ2n) is 6.75. The smallest absolute Gasteiger partial charge is 0.0600 e. The molecule has 1 aromatic heterocycles. The number of rotatable bonds is 4. The first-order valence-corrected chi connectivity index (χ1v) is 8.35. The molecular formula is C17H25N3. The van der Waals surface area contributed by atoms with E-state index in [1.165, 1.54) is 62.7 Å². The van der Waals surface area contributed by atoms with Crippen LogP contribution in [0.3, 0.4) is 0 Å². The fourth-order valence-corrected chi connectivity index (χ4v) is 4.12. The van der Waals surface area contributed by atoms with Crippen LogP contribution in [0.5, 0.6) is 0 Å². The lowest BCUT2D eigenvalue weighted by Crippen LogP contribution is -2.43. The predicted molar refractivity (Wildman–Crippen MR) is 81.8 cm³/mol. The summed E-state index contributed by atoms with van der Waals surface area (Å²) in [5.41, 5.74) is 2.84. The van der Waals surface area contributed by atoms with Crippen LogP contribution in [0.15, 0.2) is 18.5 Å². The molecule has 2 unspecified atom stereocenters. The summed E-state index contributed by atoms with van der Waals surface area (Å²) in [5.74, 6) is 0.938. The van der Waals surface area contributed by atoms with Crippen molar-refractivity contribution in [2.24, 2.45) is 5.92 Å². The Bertz CT molecular complexity index is 469. The van der Waals surface area contributed by atoms with Crippen molar-refractivity contribution in [3.63, 3.8) is 0 Å². The van der Waals surface area contributed by atoms with Gasteiger partial charge in [0.05, 0.1) is 11.9 Å². The first kappa shape index (κ1) is 12.6. The van der Waals surface area contributed by atoms with E-state index in [0.717, 1.165) is 24.5 Å². The fourth-order valence-electron chi connectivity index (χ4n) is 4.12. The van der Waals surface area contributed by atoms with Crippen LogP contribution in [0.4, 0.5) is 5.69 Å². The van der Waals surface area contributed by atoms with Crippen molar-refractivity contribution in [3.05, 3.63) is 24.0 Å². The Hall–Kier alpha value is -1.09. The molecule has 2 heterocycles. The van der Waals surface area contributed by atoms with Gasteiger partial charge in [0, 0.05) is 31.4 Å². The molecule has 3 fully saturated rings. The maximum atomic E-state index is 4.41. The van der Waals surface area contributed by atoms with Gasteiger partial charge in [0.1, 0.15) is 0 Å². The standard InChI is InChI=1S/C17H25N3/c1-3-13-4-2-10-20(16(13)5-1)17-12-18-9-8-14(17)11-19-15-6-7-15/h8-9,12-13,15-16,19H,1-7,10-11H2. The highest BCUT2D eigenvalue weighted by Crippen LogP contribution is 2.39. The molecular weight excluding hydrogens is 246 g/mol. The van der Waals surface area contributed by atoms with Crippen molar-refractivity contribution in [2.75, 3.05) is 11.4 Å². The van der Waals surface area contributed by atoms with Crippen LogP contribution in [0.1, 0.15) is 50.5 Å². The van der Waals surface area contributed by atoms with Gasteiger partial charge < -0.3 is 10.2 Å². The molecule has 3 aliphatic rings. The number of hydrogen-bond donors (Lipinski definition) is 1. The molecule has 4 rings (SSSR count). The number of aromatic nitrogens is 1. The van der Waals surface area contributed by atoms with Gasteiger partial charge in [-0.2, -0.15) is 0 Å². The van der Waals surface area contributed by atoms with E-state index in [-0.39, 0.29) is 0 Å². The maximum Gasteiger partial charge on any atom is 0.0600 e. The van der Waals surface area contributed by atoms with Crippen LogP contribution in [0.2, 0.25) is 0 Å². The predicted octanol–water partition coefficient (Wildman–Crippen LogP) is 3.10. The van der Waals surface area contributed by atoms with Crippen molar-refractivity contribution >= 4 is 5.69 Å². The average Bonchev–Trinajstić information content (AvgIpc) is 3.20. The molecule has 1 saturated heterocycles. The summed E-state index contributed by atoms with van der Waals surface area (Å²) in [6.45, 7) is 2.24. The summed E-state index contributed by atoms with van der Waals surface area (Å²) in [7, 11) is 0. The minimum Gasteiger partial charge on any atom is -0.367 e. The van der Waals surface area contributed by atoms with Crippen molar-refractivity contribution in [3.8, 4) is 0 Å². The Balaban J connectivity index is 1.56. The molecule has 20 heavy (non-hydrogen) atoms. The number of nitrogens with one attached hydrogen (secondary N) is 1. The van der Waals surface area contributed by atoms with Crippen molar-refractivity contribution in [1.29, 1.82) is 0 Å². The molecule has 0 amide bonds. The molecule has 2 aliphatic carbocycles. The lowest BCUT2D eigenvalue weighted by molar-refractivity contribution is 0.361. The molecule has 0 aromatic carbocycles. The first-order valence-electron chi connectivity index (χ1n) is 8.35. The van der Waals surface area contributed by atoms with Gasteiger partial charge in [-0.1, -0.05) is 6.42 Å². The molecule has 1 aliphatic heterocycles. The monoisotopic (exact) mass is 271 g/mol. The number of piperidine rings is 1. The Morgan fingerprint density at radius 1 is 1.15 bits per heavy atom. The Morgan fingerprint density at radius 3 is 2.95 bits per heavy atom. The largest absolute Gasteiger partial charge is 0.367 e. The van der Waals surface area contributed by atoms with Gasteiger partial charge in [0.2, 0.25) is 0 Å². The maximum absolute atomic E-state index is 4.41. The lowest BCUT2D eigenvalue weighted by Gasteiger charge is -2.40. The summed E-state index contributed by atoms with van der Waals surface area (Å²) in [6.07, 6.45) is 13.8. The minimum absolute atomic E-state index is 0.775. The van der Waals surface area contributed by atoms with E-state index in [4.69, 9.17) is 0 Å². The molecule has 2 saturated carbocycles. The topological polar surface area (TPSA) is 28.2 Å². The Morgan fingerprint density at radius 2 is 2.05 bits per heavy atom. The number of anilines is 1. The third-order valence-corrected chi connectivity index (χ3v) is 5.35. The molecule has 2 atom stereocenters. The third-order valence-electron chi connectivity index (χ3n) is 5.35.